The molecule has 0 radical (unpaired) electrons. The lowest BCUT2D eigenvalue weighted by molar-refractivity contribution is -0.126. The number of benzene rings is 1. The molecular weight excluding hydrogens is 426 g/mol. The van der Waals surface area contributed by atoms with E-state index in [9.17, 15) is 9.90 Å². The van der Waals surface area contributed by atoms with E-state index >= 15 is 0 Å². The molecule has 1 unspecified atom stereocenters. The van der Waals surface area contributed by atoms with E-state index in [0.29, 0.717) is 25.6 Å². The average Bonchev–Trinajstić information content (AvgIpc) is 2.88. The molecule has 192 valence electrons. The summed E-state index contributed by atoms with van der Waals surface area (Å²) < 4.78 is 5.54. The molecule has 1 amide bonds. The summed E-state index contributed by atoms with van der Waals surface area (Å²) in [6.45, 7) is 4.10. The Morgan fingerprint density at radius 3 is 2.62 bits per heavy atom. The van der Waals surface area contributed by atoms with Crippen molar-refractivity contribution in [3.05, 3.63) is 35.9 Å². The summed E-state index contributed by atoms with van der Waals surface area (Å²) in [6, 6.07) is 9.64. The van der Waals surface area contributed by atoms with Gasteiger partial charge in [0.15, 0.2) is 0 Å². The number of piperidine rings is 1. The fourth-order valence-electron chi connectivity index (χ4n) is 5.92. The maximum Gasteiger partial charge on any atom is 0.237 e. The standard InChI is InChI=1S/C28H47N3O3/c1-3-34-19-11-18-28(33,23-14-8-5-9-15-23)26-17-10-16-25(31-26)27(32)30-24(21-29-2)20-22-12-6-4-7-13-22/h5,8-9,14-15,22,24-26,29,31,33H,3-4,6-7,10-13,16-21H2,1-2H3,(H,30,32)/t24-,25?,26-,28+/m0/s1. The molecule has 2 fully saturated rings. The third-order valence-corrected chi connectivity index (χ3v) is 7.74. The Morgan fingerprint density at radius 1 is 1.15 bits per heavy atom. The Morgan fingerprint density at radius 2 is 1.91 bits per heavy atom. The van der Waals surface area contributed by atoms with Gasteiger partial charge in [-0.3, -0.25) is 10.1 Å². The predicted octanol–water partition coefficient (Wildman–Crippen LogP) is 3.88. The molecule has 4 atom stereocenters. The molecule has 1 aromatic rings. The van der Waals surface area contributed by atoms with Gasteiger partial charge in [0, 0.05) is 31.8 Å². The number of hydrogen-bond donors (Lipinski definition) is 4. The van der Waals surface area contributed by atoms with Gasteiger partial charge in [-0.1, -0.05) is 62.4 Å². The SMILES string of the molecule is CCOCCC[C@@](O)(c1ccccc1)[C@@H]1CCCC(C(=O)N[C@H](CNC)CC2CCCCC2)N1. The monoisotopic (exact) mass is 473 g/mol. The molecular formula is C28H47N3O3. The molecule has 0 spiro atoms. The van der Waals surface area contributed by atoms with Gasteiger partial charge >= 0.3 is 0 Å². The summed E-state index contributed by atoms with van der Waals surface area (Å²) >= 11 is 0. The number of aliphatic hydroxyl groups is 1. The first kappa shape index (κ1) is 27.1. The highest BCUT2D eigenvalue weighted by atomic mass is 16.5. The lowest BCUT2D eigenvalue weighted by atomic mass is 9.78. The van der Waals surface area contributed by atoms with Crippen molar-refractivity contribution >= 4 is 5.91 Å². The van der Waals surface area contributed by atoms with Gasteiger partial charge in [0.05, 0.1) is 6.04 Å². The molecule has 2 aliphatic rings. The number of nitrogens with one attached hydrogen (secondary N) is 3. The zero-order chi connectivity index (χ0) is 24.2. The molecule has 6 heteroatoms. The van der Waals surface area contributed by atoms with Gasteiger partial charge in [0.1, 0.15) is 5.60 Å². The third-order valence-electron chi connectivity index (χ3n) is 7.74. The highest BCUT2D eigenvalue weighted by Crippen LogP contribution is 2.35. The Hall–Kier alpha value is -1.47. The van der Waals surface area contributed by atoms with E-state index in [2.05, 4.69) is 16.0 Å². The van der Waals surface area contributed by atoms with Gasteiger partial charge in [-0.2, -0.15) is 0 Å². The molecule has 1 saturated carbocycles. The van der Waals surface area contributed by atoms with E-state index in [1.807, 2.05) is 44.3 Å². The Labute approximate surface area is 206 Å². The van der Waals surface area contributed by atoms with Crippen molar-refractivity contribution < 1.29 is 14.6 Å². The van der Waals surface area contributed by atoms with Gasteiger partial charge in [0.25, 0.3) is 0 Å². The minimum Gasteiger partial charge on any atom is -0.384 e. The number of hydrogen-bond acceptors (Lipinski definition) is 5. The van der Waals surface area contributed by atoms with Crippen LogP contribution in [0.25, 0.3) is 0 Å². The number of rotatable bonds is 13. The molecule has 1 aromatic carbocycles. The average molecular weight is 474 g/mol. The van der Waals surface area contributed by atoms with Gasteiger partial charge in [-0.05, 0) is 64.0 Å². The van der Waals surface area contributed by atoms with E-state index < -0.39 is 5.60 Å². The van der Waals surface area contributed by atoms with Crippen LogP contribution in [0.2, 0.25) is 0 Å². The van der Waals surface area contributed by atoms with Crippen molar-refractivity contribution in [2.75, 3.05) is 26.8 Å². The summed E-state index contributed by atoms with van der Waals surface area (Å²) in [5.74, 6) is 0.790. The zero-order valence-electron chi connectivity index (χ0n) is 21.4. The van der Waals surface area contributed by atoms with Crippen molar-refractivity contribution in [3.8, 4) is 0 Å². The fraction of sp³-hybridized carbons (Fsp3) is 0.750. The predicted molar refractivity (Wildman–Crippen MR) is 138 cm³/mol. The topological polar surface area (TPSA) is 82.6 Å². The molecule has 3 rings (SSSR count). The van der Waals surface area contributed by atoms with Crippen LogP contribution in [-0.2, 0) is 15.1 Å². The quantitative estimate of drug-likeness (QED) is 0.327. The fourth-order valence-corrected chi connectivity index (χ4v) is 5.92. The van der Waals surface area contributed by atoms with E-state index in [1.54, 1.807) is 0 Å². The second-order valence-electron chi connectivity index (χ2n) is 10.3. The van der Waals surface area contributed by atoms with Crippen LogP contribution in [0.5, 0.6) is 0 Å². The first-order valence-electron chi connectivity index (χ1n) is 13.6. The summed E-state index contributed by atoms with van der Waals surface area (Å²) in [7, 11) is 1.96. The molecule has 0 aromatic heterocycles. The van der Waals surface area contributed by atoms with Gasteiger partial charge in [-0.15, -0.1) is 0 Å². The highest BCUT2D eigenvalue weighted by Gasteiger charge is 2.42. The summed E-state index contributed by atoms with van der Waals surface area (Å²) in [5, 5.41) is 22.1. The molecule has 1 aliphatic heterocycles. The van der Waals surface area contributed by atoms with Crippen LogP contribution in [0.4, 0.5) is 0 Å². The highest BCUT2D eigenvalue weighted by molar-refractivity contribution is 5.82. The second kappa shape index (κ2) is 14.2. The van der Waals surface area contributed by atoms with Crippen molar-refractivity contribution in [1.82, 2.24) is 16.0 Å². The third kappa shape index (κ3) is 7.77. The van der Waals surface area contributed by atoms with E-state index in [1.165, 1.54) is 32.1 Å². The molecule has 4 N–H and O–H groups in total. The first-order chi connectivity index (χ1) is 16.6. The Balaban J connectivity index is 1.64. The summed E-state index contributed by atoms with van der Waals surface area (Å²) in [4.78, 5) is 13.3. The van der Waals surface area contributed by atoms with E-state index in [0.717, 1.165) is 44.2 Å². The van der Waals surface area contributed by atoms with Crippen molar-refractivity contribution in [1.29, 1.82) is 0 Å². The van der Waals surface area contributed by atoms with E-state index in [4.69, 9.17) is 4.74 Å². The number of ether oxygens (including phenoxy) is 1. The van der Waals surface area contributed by atoms with Gasteiger partial charge in [0.2, 0.25) is 5.91 Å². The first-order valence-corrected chi connectivity index (χ1v) is 13.6. The summed E-state index contributed by atoms with van der Waals surface area (Å²) in [5.41, 5.74) is -0.112. The molecule has 6 nitrogen and oxygen atoms in total. The van der Waals surface area contributed by atoms with Gasteiger partial charge in [-0.25, -0.2) is 0 Å². The maximum atomic E-state index is 13.3. The molecule has 34 heavy (non-hydrogen) atoms. The van der Waals surface area contributed by atoms with Crippen molar-refractivity contribution in [3.63, 3.8) is 0 Å². The Kier molecular flexibility index (Phi) is 11.3. The van der Waals surface area contributed by atoms with E-state index in [-0.39, 0.29) is 24.0 Å². The van der Waals surface area contributed by atoms with Gasteiger partial charge < -0.3 is 20.5 Å². The van der Waals surface area contributed by atoms with Crippen LogP contribution in [0.3, 0.4) is 0 Å². The maximum absolute atomic E-state index is 13.3. The number of carbonyl (C=O) groups is 1. The molecule has 1 saturated heterocycles. The molecule has 1 aliphatic carbocycles. The van der Waals surface area contributed by atoms with Crippen molar-refractivity contribution in [2.24, 2.45) is 5.92 Å². The lowest BCUT2D eigenvalue weighted by Gasteiger charge is -2.42. The van der Waals surface area contributed by atoms with Crippen LogP contribution in [-0.4, -0.2) is 55.9 Å². The second-order valence-corrected chi connectivity index (χ2v) is 10.3. The van der Waals surface area contributed by atoms with Crippen LogP contribution in [0, 0.1) is 5.92 Å². The van der Waals surface area contributed by atoms with Crippen molar-refractivity contribution in [2.45, 2.75) is 101 Å². The van der Waals surface area contributed by atoms with Crippen LogP contribution < -0.4 is 16.0 Å². The zero-order valence-corrected chi connectivity index (χ0v) is 21.4. The smallest absolute Gasteiger partial charge is 0.237 e. The molecule has 1 heterocycles. The minimum absolute atomic E-state index is 0.0745. The number of carbonyl (C=O) groups excluding carboxylic acids is 1. The van der Waals surface area contributed by atoms with Crippen LogP contribution in [0.15, 0.2) is 30.3 Å². The molecule has 0 bridgehead atoms. The van der Waals surface area contributed by atoms with Crippen LogP contribution in [0.1, 0.15) is 83.1 Å². The summed E-state index contributed by atoms with van der Waals surface area (Å²) in [6.07, 6.45) is 11.6. The Bertz CT molecular complexity index is 710. The number of amides is 1. The van der Waals surface area contributed by atoms with Crippen LogP contribution >= 0.6 is 0 Å². The minimum atomic E-state index is -1.02. The largest absolute Gasteiger partial charge is 0.384 e. The normalized spacial score (nSPS) is 24.3. The number of likely N-dealkylation sites (N-methyl/N-ethyl adjacent to an activating group) is 1. The lowest BCUT2D eigenvalue weighted by Crippen LogP contribution is -2.59.